The molecular weight excluding hydrogens is 160 g/mol. The molecule has 0 radical (unpaired) electrons. The van der Waals surface area contributed by atoms with E-state index in [0.29, 0.717) is 6.54 Å². The summed E-state index contributed by atoms with van der Waals surface area (Å²) in [5.74, 6) is 0.223. The van der Waals surface area contributed by atoms with E-state index in [0.717, 1.165) is 0 Å². The monoisotopic (exact) mass is 171 g/mol. The lowest BCUT2D eigenvalue weighted by Gasteiger charge is -2.08. The van der Waals surface area contributed by atoms with Crippen LogP contribution in [0.25, 0.3) is 0 Å². The van der Waals surface area contributed by atoms with Gasteiger partial charge in [-0.15, -0.1) is 11.6 Å². The topological polar surface area (TPSA) is 49.3 Å². The lowest BCUT2D eigenvalue weighted by Crippen LogP contribution is -2.11. The molecule has 0 spiro atoms. The summed E-state index contributed by atoms with van der Waals surface area (Å²) in [4.78, 5) is 8.87. The lowest BCUT2D eigenvalue weighted by atomic mass is 10.8. The molecule has 0 aliphatic rings. The van der Waals surface area contributed by atoms with E-state index < -0.39 is 7.52 Å². The van der Waals surface area contributed by atoms with Gasteiger partial charge in [-0.3, -0.25) is 4.57 Å². The molecule has 2 N–H and O–H groups in total. The van der Waals surface area contributed by atoms with Gasteiger partial charge in [0.2, 0.25) is 0 Å². The maximum absolute atomic E-state index is 10.8. The van der Waals surface area contributed by atoms with Crippen molar-refractivity contribution in [2.24, 2.45) is 0 Å². The highest BCUT2D eigenvalue weighted by molar-refractivity contribution is 7.55. The first-order chi connectivity index (χ1) is 4.12. The van der Waals surface area contributed by atoms with E-state index in [1.54, 1.807) is 6.92 Å². The Labute approximate surface area is 59.9 Å². The van der Waals surface area contributed by atoms with E-state index in [1.807, 2.05) is 0 Å². The summed E-state index contributed by atoms with van der Waals surface area (Å²) in [5.41, 5.74) is 0. The zero-order valence-corrected chi connectivity index (χ0v) is 6.95. The van der Waals surface area contributed by atoms with Gasteiger partial charge in [-0.1, -0.05) is 6.92 Å². The molecule has 3 nitrogen and oxygen atoms in total. The van der Waals surface area contributed by atoms with Crippen LogP contribution in [0.1, 0.15) is 6.92 Å². The van der Waals surface area contributed by atoms with Crippen LogP contribution in [0.15, 0.2) is 0 Å². The predicted molar refractivity (Wildman–Crippen MR) is 39.1 cm³/mol. The van der Waals surface area contributed by atoms with E-state index in [4.69, 9.17) is 16.5 Å². The minimum Gasteiger partial charge on any atom is -0.333 e. The second kappa shape index (κ2) is 4.29. The Morgan fingerprint density at radius 3 is 2.67 bits per heavy atom. The number of hydrogen-bond donors (Lipinski definition) is 2. The summed E-state index contributed by atoms with van der Waals surface area (Å²) >= 11 is 5.25. The summed E-state index contributed by atoms with van der Waals surface area (Å²) in [5, 5.41) is 2.45. The molecule has 0 saturated heterocycles. The maximum atomic E-state index is 10.8. The second-order valence-corrected chi connectivity index (χ2v) is 4.17. The lowest BCUT2D eigenvalue weighted by molar-refractivity contribution is 0.466. The predicted octanol–water partition coefficient (Wildman–Crippen LogP) is 1.02. The Bertz CT molecular complexity index is 109. The molecule has 1 unspecified atom stereocenters. The molecule has 5 heteroatoms. The standard InChI is InChI=1S/C4H11ClNO2P/c1-2-6-9(7,8)4-3-5/h2-4H2,1H3,(H2,6,7,8). The van der Waals surface area contributed by atoms with Gasteiger partial charge in [-0.2, -0.15) is 0 Å². The molecule has 0 bridgehead atoms. The molecule has 0 aliphatic carbocycles. The van der Waals surface area contributed by atoms with Gasteiger partial charge in [-0.25, -0.2) is 5.09 Å². The zero-order chi connectivity index (χ0) is 7.33. The van der Waals surface area contributed by atoms with Crippen molar-refractivity contribution in [1.29, 1.82) is 0 Å². The first-order valence-electron chi connectivity index (χ1n) is 2.75. The quantitative estimate of drug-likeness (QED) is 0.491. The van der Waals surface area contributed by atoms with Gasteiger partial charge in [0.1, 0.15) is 0 Å². The van der Waals surface area contributed by atoms with Crippen molar-refractivity contribution in [3.05, 3.63) is 0 Å². The van der Waals surface area contributed by atoms with Crippen molar-refractivity contribution in [2.75, 3.05) is 18.6 Å². The van der Waals surface area contributed by atoms with Crippen molar-refractivity contribution in [3.8, 4) is 0 Å². The average Bonchev–Trinajstić information content (AvgIpc) is 1.64. The SMILES string of the molecule is CCNP(=O)(O)CCCl. The Kier molecular flexibility index (Phi) is 4.50. The van der Waals surface area contributed by atoms with Crippen LogP contribution < -0.4 is 5.09 Å². The number of halogens is 1. The number of rotatable bonds is 4. The molecule has 0 saturated carbocycles. The first-order valence-corrected chi connectivity index (χ1v) is 5.13. The Hall–Kier alpha value is 0.440. The van der Waals surface area contributed by atoms with Gasteiger partial charge in [-0.05, 0) is 0 Å². The van der Waals surface area contributed by atoms with Crippen LogP contribution in [0, 0.1) is 0 Å². The van der Waals surface area contributed by atoms with Crippen molar-refractivity contribution >= 4 is 19.1 Å². The van der Waals surface area contributed by atoms with E-state index in [1.165, 1.54) is 0 Å². The fourth-order valence-electron chi connectivity index (χ4n) is 0.441. The third kappa shape index (κ3) is 4.91. The minimum absolute atomic E-state index is 0.141. The van der Waals surface area contributed by atoms with Crippen molar-refractivity contribution in [3.63, 3.8) is 0 Å². The molecule has 1 atom stereocenters. The summed E-state index contributed by atoms with van der Waals surface area (Å²) in [6.45, 7) is 2.28. The van der Waals surface area contributed by atoms with Crippen molar-refractivity contribution < 1.29 is 9.46 Å². The fraction of sp³-hybridized carbons (Fsp3) is 1.00. The number of hydrogen-bond acceptors (Lipinski definition) is 1. The van der Waals surface area contributed by atoms with Crippen molar-refractivity contribution in [2.45, 2.75) is 6.92 Å². The Morgan fingerprint density at radius 1 is 1.78 bits per heavy atom. The third-order valence-electron chi connectivity index (χ3n) is 0.793. The molecule has 0 aromatic rings. The van der Waals surface area contributed by atoms with Crippen LogP contribution in [-0.2, 0) is 4.57 Å². The van der Waals surface area contributed by atoms with Gasteiger partial charge in [0.05, 0.1) is 6.16 Å². The van der Waals surface area contributed by atoms with E-state index in [2.05, 4.69) is 5.09 Å². The molecule has 0 rings (SSSR count). The minimum atomic E-state index is -3.07. The fourth-order valence-corrected chi connectivity index (χ4v) is 2.01. The van der Waals surface area contributed by atoms with Crippen LogP contribution in [0.3, 0.4) is 0 Å². The van der Waals surface area contributed by atoms with Crippen LogP contribution in [0.5, 0.6) is 0 Å². The third-order valence-corrected chi connectivity index (χ3v) is 2.89. The molecule has 56 valence electrons. The maximum Gasteiger partial charge on any atom is 0.268 e. The smallest absolute Gasteiger partial charge is 0.268 e. The summed E-state index contributed by atoms with van der Waals surface area (Å²) in [7, 11) is -3.07. The molecule has 9 heavy (non-hydrogen) atoms. The highest BCUT2D eigenvalue weighted by Crippen LogP contribution is 2.34. The second-order valence-electron chi connectivity index (χ2n) is 1.63. The zero-order valence-electron chi connectivity index (χ0n) is 5.30. The first kappa shape index (κ1) is 9.44. The van der Waals surface area contributed by atoms with E-state index in [9.17, 15) is 4.57 Å². The molecule has 0 fully saturated rings. The molecule has 0 amide bonds. The Morgan fingerprint density at radius 2 is 2.33 bits per heavy atom. The normalized spacial score (nSPS) is 17.2. The Balaban J connectivity index is 3.58. The summed E-state index contributed by atoms with van der Waals surface area (Å²) in [6.07, 6.45) is 0.141. The average molecular weight is 172 g/mol. The van der Waals surface area contributed by atoms with Gasteiger partial charge in [0.25, 0.3) is 7.52 Å². The van der Waals surface area contributed by atoms with Crippen LogP contribution >= 0.6 is 19.1 Å². The van der Waals surface area contributed by atoms with E-state index >= 15 is 0 Å². The molecule has 0 heterocycles. The molecule has 0 aromatic carbocycles. The van der Waals surface area contributed by atoms with Gasteiger partial charge in [0.15, 0.2) is 0 Å². The summed E-state index contributed by atoms with van der Waals surface area (Å²) in [6, 6.07) is 0. The number of alkyl halides is 1. The van der Waals surface area contributed by atoms with Crippen LogP contribution in [0.4, 0.5) is 0 Å². The largest absolute Gasteiger partial charge is 0.333 e. The summed E-state index contributed by atoms with van der Waals surface area (Å²) < 4.78 is 10.8. The van der Waals surface area contributed by atoms with Crippen LogP contribution in [-0.4, -0.2) is 23.5 Å². The van der Waals surface area contributed by atoms with Gasteiger partial charge < -0.3 is 4.89 Å². The van der Waals surface area contributed by atoms with Crippen LogP contribution in [0.2, 0.25) is 0 Å². The van der Waals surface area contributed by atoms with Gasteiger partial charge >= 0.3 is 0 Å². The highest BCUT2D eigenvalue weighted by Gasteiger charge is 2.13. The van der Waals surface area contributed by atoms with Gasteiger partial charge in [0, 0.05) is 12.4 Å². The molecular formula is C4H11ClNO2P. The highest BCUT2D eigenvalue weighted by atomic mass is 35.5. The molecule has 0 aliphatic heterocycles. The van der Waals surface area contributed by atoms with E-state index in [-0.39, 0.29) is 12.0 Å². The molecule has 0 aromatic heterocycles. The number of nitrogens with one attached hydrogen (secondary N) is 1. The van der Waals surface area contributed by atoms with Crippen molar-refractivity contribution in [1.82, 2.24) is 5.09 Å².